The summed E-state index contributed by atoms with van der Waals surface area (Å²) in [4.78, 5) is 14.2. The number of nitrogens with zero attached hydrogens (tertiary/aromatic N) is 3. The molecule has 1 fully saturated rings. The van der Waals surface area contributed by atoms with Gasteiger partial charge in [0.15, 0.2) is 0 Å². The van der Waals surface area contributed by atoms with Crippen LogP contribution in [0.1, 0.15) is 25.0 Å². The molecule has 0 saturated heterocycles. The number of nitro groups is 1. The SMILES string of the molecule is O=[N+]([O-])c1ncn2c1CCC(NC1CC1)C2. The van der Waals surface area contributed by atoms with Crippen LogP contribution in [0.15, 0.2) is 6.33 Å². The quantitative estimate of drug-likeness (QED) is 0.608. The van der Waals surface area contributed by atoms with E-state index < -0.39 is 0 Å². The Labute approximate surface area is 92.8 Å². The minimum absolute atomic E-state index is 0.0323. The number of hydrogen-bond donors (Lipinski definition) is 1. The van der Waals surface area contributed by atoms with Gasteiger partial charge < -0.3 is 20.0 Å². The van der Waals surface area contributed by atoms with E-state index in [4.69, 9.17) is 0 Å². The van der Waals surface area contributed by atoms with Gasteiger partial charge in [0.05, 0.1) is 0 Å². The lowest BCUT2D eigenvalue weighted by molar-refractivity contribution is -0.390. The van der Waals surface area contributed by atoms with E-state index in [1.807, 2.05) is 4.57 Å². The van der Waals surface area contributed by atoms with Crippen molar-refractivity contribution in [3.63, 3.8) is 0 Å². The number of hydrogen-bond acceptors (Lipinski definition) is 4. The first kappa shape index (κ1) is 9.77. The van der Waals surface area contributed by atoms with Crippen LogP contribution in [0.5, 0.6) is 0 Å². The van der Waals surface area contributed by atoms with Gasteiger partial charge in [-0.2, -0.15) is 0 Å². The summed E-state index contributed by atoms with van der Waals surface area (Å²) in [6, 6.07) is 1.14. The minimum atomic E-state index is -0.388. The monoisotopic (exact) mass is 222 g/mol. The summed E-state index contributed by atoms with van der Waals surface area (Å²) >= 11 is 0. The second-order valence-corrected chi connectivity index (χ2v) is 4.60. The lowest BCUT2D eigenvalue weighted by Crippen LogP contribution is -2.38. The molecule has 0 radical (unpaired) electrons. The average Bonchev–Trinajstić information content (AvgIpc) is 2.96. The average molecular weight is 222 g/mol. The molecule has 2 aliphatic rings. The van der Waals surface area contributed by atoms with Crippen LogP contribution in [-0.4, -0.2) is 26.6 Å². The molecule has 1 aliphatic heterocycles. The Morgan fingerprint density at radius 2 is 2.25 bits per heavy atom. The van der Waals surface area contributed by atoms with Crippen molar-refractivity contribution < 1.29 is 4.92 Å². The molecule has 1 unspecified atom stereocenters. The van der Waals surface area contributed by atoms with Crippen LogP contribution < -0.4 is 5.32 Å². The molecule has 0 bridgehead atoms. The first-order valence-corrected chi connectivity index (χ1v) is 5.68. The van der Waals surface area contributed by atoms with Gasteiger partial charge >= 0.3 is 5.82 Å². The van der Waals surface area contributed by atoms with Crippen molar-refractivity contribution in [2.45, 2.75) is 44.3 Å². The third kappa shape index (κ3) is 1.69. The number of imidazole rings is 1. The second kappa shape index (κ2) is 3.55. The summed E-state index contributed by atoms with van der Waals surface area (Å²) < 4.78 is 1.92. The van der Waals surface area contributed by atoms with Crippen molar-refractivity contribution in [2.75, 3.05) is 0 Å². The molecule has 86 valence electrons. The molecule has 6 heteroatoms. The summed E-state index contributed by atoms with van der Waals surface area (Å²) in [5, 5.41) is 14.3. The van der Waals surface area contributed by atoms with Crippen LogP contribution >= 0.6 is 0 Å². The van der Waals surface area contributed by atoms with Gasteiger partial charge in [0, 0.05) is 18.6 Å². The predicted octanol–water partition coefficient (Wildman–Crippen LogP) is 0.858. The topological polar surface area (TPSA) is 73.0 Å². The molecule has 16 heavy (non-hydrogen) atoms. The van der Waals surface area contributed by atoms with Crippen molar-refractivity contribution in [1.82, 2.24) is 14.9 Å². The van der Waals surface area contributed by atoms with Gasteiger partial charge in [-0.3, -0.25) is 0 Å². The fourth-order valence-corrected chi connectivity index (χ4v) is 2.32. The largest absolute Gasteiger partial charge is 0.384 e. The van der Waals surface area contributed by atoms with Crippen LogP contribution in [0.25, 0.3) is 0 Å². The highest BCUT2D eigenvalue weighted by Crippen LogP contribution is 2.26. The molecule has 1 saturated carbocycles. The lowest BCUT2D eigenvalue weighted by atomic mass is 10.1. The summed E-state index contributed by atoms with van der Waals surface area (Å²) in [5.74, 6) is 0.0323. The molecular formula is C10H14N4O2. The Bertz CT molecular complexity index is 424. The highest BCUT2D eigenvalue weighted by Gasteiger charge is 2.31. The molecule has 3 rings (SSSR count). The van der Waals surface area contributed by atoms with Gasteiger partial charge in [0.1, 0.15) is 5.69 Å². The van der Waals surface area contributed by atoms with E-state index in [0.29, 0.717) is 12.1 Å². The summed E-state index contributed by atoms with van der Waals surface area (Å²) in [6.45, 7) is 0.812. The van der Waals surface area contributed by atoms with Crippen LogP contribution in [-0.2, 0) is 13.0 Å². The van der Waals surface area contributed by atoms with Crippen molar-refractivity contribution in [2.24, 2.45) is 0 Å². The zero-order chi connectivity index (χ0) is 11.1. The maximum atomic E-state index is 10.7. The van der Waals surface area contributed by atoms with Gasteiger partial charge in [0.2, 0.25) is 6.33 Å². The molecular weight excluding hydrogens is 208 g/mol. The maximum Gasteiger partial charge on any atom is 0.384 e. The van der Waals surface area contributed by atoms with E-state index in [1.54, 1.807) is 6.33 Å². The van der Waals surface area contributed by atoms with Gasteiger partial charge in [-0.1, -0.05) is 0 Å². The highest BCUT2D eigenvalue weighted by molar-refractivity contribution is 5.28. The Balaban J connectivity index is 1.76. The zero-order valence-corrected chi connectivity index (χ0v) is 8.93. The second-order valence-electron chi connectivity index (χ2n) is 4.60. The fourth-order valence-electron chi connectivity index (χ4n) is 2.32. The van der Waals surface area contributed by atoms with Crippen molar-refractivity contribution in [1.29, 1.82) is 0 Å². The van der Waals surface area contributed by atoms with E-state index in [0.717, 1.165) is 25.1 Å². The van der Waals surface area contributed by atoms with E-state index in [1.165, 1.54) is 12.8 Å². The van der Waals surface area contributed by atoms with E-state index in [2.05, 4.69) is 10.3 Å². The first-order chi connectivity index (χ1) is 7.74. The van der Waals surface area contributed by atoms with E-state index in [9.17, 15) is 10.1 Å². The molecule has 1 aromatic rings. The normalized spacial score (nSPS) is 24.1. The molecule has 1 atom stereocenters. The Kier molecular flexibility index (Phi) is 2.17. The number of rotatable bonds is 3. The molecule has 0 spiro atoms. The Hall–Kier alpha value is -1.43. The lowest BCUT2D eigenvalue weighted by Gasteiger charge is -2.24. The summed E-state index contributed by atoms with van der Waals surface area (Å²) in [5.41, 5.74) is 0.777. The van der Waals surface area contributed by atoms with Crippen LogP contribution in [0.3, 0.4) is 0 Å². The highest BCUT2D eigenvalue weighted by atomic mass is 16.6. The third-order valence-corrected chi connectivity index (χ3v) is 3.29. The molecule has 1 N–H and O–H groups in total. The smallest absolute Gasteiger partial charge is 0.358 e. The van der Waals surface area contributed by atoms with E-state index >= 15 is 0 Å². The van der Waals surface area contributed by atoms with Crippen LogP contribution in [0.2, 0.25) is 0 Å². The predicted molar refractivity (Wildman–Crippen MR) is 57.1 cm³/mol. The molecule has 0 amide bonds. The van der Waals surface area contributed by atoms with E-state index in [-0.39, 0.29) is 10.7 Å². The molecule has 1 aromatic heterocycles. The molecule has 6 nitrogen and oxygen atoms in total. The number of nitrogens with one attached hydrogen (secondary N) is 1. The summed E-state index contributed by atoms with van der Waals surface area (Å²) in [6.07, 6.45) is 5.86. The summed E-state index contributed by atoms with van der Waals surface area (Å²) in [7, 11) is 0. The fraction of sp³-hybridized carbons (Fsp3) is 0.700. The Morgan fingerprint density at radius 3 is 2.94 bits per heavy atom. The van der Waals surface area contributed by atoms with Crippen molar-refractivity contribution in [3.8, 4) is 0 Å². The van der Waals surface area contributed by atoms with Crippen molar-refractivity contribution in [3.05, 3.63) is 22.1 Å². The van der Waals surface area contributed by atoms with Gasteiger partial charge in [-0.25, -0.2) is 0 Å². The third-order valence-electron chi connectivity index (χ3n) is 3.29. The number of fused-ring (bicyclic) bond motifs is 1. The van der Waals surface area contributed by atoms with Gasteiger partial charge in [-0.15, -0.1) is 0 Å². The zero-order valence-electron chi connectivity index (χ0n) is 8.93. The standard InChI is InChI=1S/C10H14N4O2/c15-14(16)10-9-4-3-8(12-7-1-2-7)5-13(9)6-11-10/h6-8,12H,1-5H2. The molecule has 1 aliphatic carbocycles. The first-order valence-electron chi connectivity index (χ1n) is 5.68. The van der Waals surface area contributed by atoms with Gasteiger partial charge in [0.25, 0.3) is 0 Å². The molecule has 2 heterocycles. The Morgan fingerprint density at radius 1 is 1.44 bits per heavy atom. The minimum Gasteiger partial charge on any atom is -0.358 e. The van der Waals surface area contributed by atoms with Crippen LogP contribution in [0, 0.1) is 10.1 Å². The van der Waals surface area contributed by atoms with Gasteiger partial charge in [-0.05, 0) is 35.6 Å². The van der Waals surface area contributed by atoms with Crippen molar-refractivity contribution >= 4 is 5.82 Å². The maximum absolute atomic E-state index is 10.7. The number of aromatic nitrogens is 2. The molecule has 0 aromatic carbocycles. The van der Waals surface area contributed by atoms with Crippen LogP contribution in [0.4, 0.5) is 5.82 Å².